The molecule has 0 spiro atoms. The molecule has 0 bridgehead atoms. The average Bonchev–Trinajstić information content (AvgIpc) is 3.03. The number of nitrogens with zero attached hydrogens (tertiary/aromatic N) is 1. The van der Waals surface area contributed by atoms with Crippen molar-refractivity contribution in [3.8, 4) is 22.6 Å². The highest BCUT2D eigenvalue weighted by atomic mass is 16.5. The first kappa shape index (κ1) is 33.7. The van der Waals surface area contributed by atoms with E-state index < -0.39 is 0 Å². The SMILES string of the molecule is CCCCCCCCCCOc1ccc(-c2ccc(OC(CCCC)CCCCC[n+]3ccccc3CC)cc2)cc1. The number of hydrogen-bond acceptors (Lipinski definition) is 2. The Morgan fingerprint density at radius 3 is 1.83 bits per heavy atom. The maximum atomic E-state index is 6.50. The second-order valence-electron chi connectivity index (χ2n) is 11.8. The lowest BCUT2D eigenvalue weighted by atomic mass is 10.0. The summed E-state index contributed by atoms with van der Waals surface area (Å²) in [5.74, 6) is 1.95. The highest BCUT2D eigenvalue weighted by molar-refractivity contribution is 5.64. The van der Waals surface area contributed by atoms with Crippen LogP contribution in [0.15, 0.2) is 72.9 Å². The minimum Gasteiger partial charge on any atom is -0.494 e. The van der Waals surface area contributed by atoms with Crippen molar-refractivity contribution in [2.45, 2.75) is 136 Å². The maximum absolute atomic E-state index is 6.50. The van der Waals surface area contributed by atoms with Crippen molar-refractivity contribution in [2.24, 2.45) is 0 Å². The minimum atomic E-state index is 0.295. The van der Waals surface area contributed by atoms with E-state index in [1.54, 1.807) is 0 Å². The number of unbranched alkanes of at least 4 members (excludes halogenated alkanes) is 10. The van der Waals surface area contributed by atoms with E-state index >= 15 is 0 Å². The van der Waals surface area contributed by atoms with E-state index in [1.165, 1.54) is 93.9 Å². The molecule has 1 unspecified atom stereocenters. The third kappa shape index (κ3) is 13.0. The first-order valence-electron chi connectivity index (χ1n) is 17.2. The summed E-state index contributed by atoms with van der Waals surface area (Å²) in [7, 11) is 0. The summed E-state index contributed by atoms with van der Waals surface area (Å²) in [4.78, 5) is 0. The van der Waals surface area contributed by atoms with Crippen LogP contribution in [-0.2, 0) is 13.0 Å². The van der Waals surface area contributed by atoms with Crippen molar-refractivity contribution in [2.75, 3.05) is 6.61 Å². The summed E-state index contributed by atoms with van der Waals surface area (Å²) < 4.78 is 14.9. The number of ether oxygens (including phenoxy) is 2. The molecule has 1 aromatic heterocycles. The molecule has 3 aromatic rings. The van der Waals surface area contributed by atoms with E-state index in [4.69, 9.17) is 9.47 Å². The fraction of sp³-hybridized carbons (Fsp3) is 0.564. The smallest absolute Gasteiger partial charge is 0.181 e. The highest BCUT2D eigenvalue weighted by Crippen LogP contribution is 2.26. The Morgan fingerprint density at radius 1 is 0.571 bits per heavy atom. The predicted octanol–water partition coefficient (Wildman–Crippen LogP) is 10.9. The third-order valence-electron chi connectivity index (χ3n) is 8.31. The molecule has 230 valence electrons. The van der Waals surface area contributed by atoms with Crippen LogP contribution >= 0.6 is 0 Å². The van der Waals surface area contributed by atoms with Gasteiger partial charge in [-0.05, 0) is 67.5 Å². The molecule has 0 aliphatic rings. The molecule has 3 nitrogen and oxygen atoms in total. The van der Waals surface area contributed by atoms with Crippen molar-refractivity contribution in [3.63, 3.8) is 0 Å². The Balaban J connectivity index is 1.38. The van der Waals surface area contributed by atoms with Gasteiger partial charge in [-0.25, -0.2) is 4.57 Å². The second-order valence-corrected chi connectivity index (χ2v) is 11.8. The first-order valence-corrected chi connectivity index (χ1v) is 17.2. The van der Waals surface area contributed by atoms with Gasteiger partial charge in [0.15, 0.2) is 11.9 Å². The third-order valence-corrected chi connectivity index (χ3v) is 8.31. The van der Waals surface area contributed by atoms with Crippen LogP contribution in [0.3, 0.4) is 0 Å². The zero-order valence-electron chi connectivity index (χ0n) is 27.0. The van der Waals surface area contributed by atoms with Crippen molar-refractivity contribution >= 4 is 0 Å². The van der Waals surface area contributed by atoms with Crippen molar-refractivity contribution in [3.05, 3.63) is 78.6 Å². The molecule has 1 heterocycles. The molecular formula is C39H58NO2+. The van der Waals surface area contributed by atoms with Gasteiger partial charge in [-0.1, -0.05) is 109 Å². The number of hydrogen-bond donors (Lipinski definition) is 0. The molecule has 0 saturated heterocycles. The van der Waals surface area contributed by atoms with Crippen LogP contribution in [-0.4, -0.2) is 12.7 Å². The van der Waals surface area contributed by atoms with Gasteiger partial charge in [-0.3, -0.25) is 0 Å². The van der Waals surface area contributed by atoms with Gasteiger partial charge in [-0.2, -0.15) is 0 Å². The molecular weight excluding hydrogens is 514 g/mol. The van der Waals surface area contributed by atoms with Gasteiger partial charge < -0.3 is 9.47 Å². The number of aromatic nitrogens is 1. The molecule has 0 aliphatic heterocycles. The minimum absolute atomic E-state index is 0.295. The number of pyridine rings is 1. The zero-order valence-corrected chi connectivity index (χ0v) is 27.0. The number of aryl methyl sites for hydroxylation is 2. The maximum Gasteiger partial charge on any atom is 0.181 e. The van der Waals surface area contributed by atoms with Crippen molar-refractivity contribution in [1.82, 2.24) is 0 Å². The predicted molar refractivity (Wildman–Crippen MR) is 178 cm³/mol. The Bertz CT molecular complexity index is 1080. The molecule has 0 aliphatic carbocycles. The lowest BCUT2D eigenvalue weighted by molar-refractivity contribution is -0.704. The fourth-order valence-corrected chi connectivity index (χ4v) is 5.66. The summed E-state index contributed by atoms with van der Waals surface area (Å²) >= 11 is 0. The van der Waals surface area contributed by atoms with Gasteiger partial charge in [0.1, 0.15) is 18.0 Å². The van der Waals surface area contributed by atoms with Crippen LogP contribution in [0.25, 0.3) is 11.1 Å². The van der Waals surface area contributed by atoms with Gasteiger partial charge in [0, 0.05) is 25.0 Å². The molecule has 3 rings (SSSR count). The van der Waals surface area contributed by atoms with E-state index in [2.05, 4.69) is 98.3 Å². The van der Waals surface area contributed by atoms with Gasteiger partial charge in [0.2, 0.25) is 0 Å². The Kier molecular flexibility index (Phi) is 16.8. The molecule has 3 heteroatoms. The molecule has 0 radical (unpaired) electrons. The summed E-state index contributed by atoms with van der Waals surface area (Å²) in [6.45, 7) is 8.69. The Morgan fingerprint density at radius 2 is 1.17 bits per heavy atom. The van der Waals surface area contributed by atoms with Crippen molar-refractivity contribution in [1.29, 1.82) is 0 Å². The summed E-state index contributed by atoms with van der Waals surface area (Å²) in [5, 5.41) is 0. The standard InChI is InChI=1S/C39H58NO2/c1-4-7-9-10-11-12-13-19-33-41-37-27-23-34(24-28-37)35-25-29-39(30-26-35)42-38(21-8-5-2)22-15-14-17-31-40-32-18-16-20-36(40)6-3/h16,18,20,23-30,32,38H,4-15,17,19,21-22,31,33H2,1-3H3/q+1. The van der Waals surface area contributed by atoms with Gasteiger partial charge >= 0.3 is 0 Å². The topological polar surface area (TPSA) is 22.3 Å². The summed E-state index contributed by atoms with van der Waals surface area (Å²) in [6, 6.07) is 23.7. The van der Waals surface area contributed by atoms with E-state index in [-0.39, 0.29) is 0 Å². The molecule has 2 aromatic carbocycles. The largest absolute Gasteiger partial charge is 0.494 e. The molecule has 42 heavy (non-hydrogen) atoms. The van der Waals surface area contributed by atoms with E-state index in [0.29, 0.717) is 6.10 Å². The van der Waals surface area contributed by atoms with Gasteiger partial charge in [0.05, 0.1) is 12.7 Å². The zero-order chi connectivity index (χ0) is 29.7. The molecule has 0 N–H and O–H groups in total. The molecule has 0 amide bonds. The lowest BCUT2D eigenvalue weighted by Gasteiger charge is -2.19. The van der Waals surface area contributed by atoms with Crippen LogP contribution in [0.5, 0.6) is 11.5 Å². The van der Waals surface area contributed by atoms with Crippen molar-refractivity contribution < 1.29 is 14.0 Å². The quantitative estimate of drug-likeness (QED) is 0.0833. The summed E-state index contributed by atoms with van der Waals surface area (Å²) in [5.41, 5.74) is 3.85. The first-order chi connectivity index (χ1) is 20.7. The molecule has 1 atom stereocenters. The van der Waals surface area contributed by atoms with Crippen LogP contribution in [0.2, 0.25) is 0 Å². The van der Waals surface area contributed by atoms with Gasteiger partial charge in [0.25, 0.3) is 0 Å². The van der Waals surface area contributed by atoms with Crippen LogP contribution in [0, 0.1) is 0 Å². The molecule has 0 saturated carbocycles. The highest BCUT2D eigenvalue weighted by Gasteiger charge is 2.12. The second kappa shape index (κ2) is 21.0. The van der Waals surface area contributed by atoms with Crippen LogP contribution in [0.1, 0.15) is 123 Å². The van der Waals surface area contributed by atoms with E-state index in [0.717, 1.165) is 50.3 Å². The monoisotopic (exact) mass is 572 g/mol. The summed E-state index contributed by atoms with van der Waals surface area (Å²) in [6.07, 6.45) is 22.6. The molecule has 0 fully saturated rings. The van der Waals surface area contributed by atoms with E-state index in [9.17, 15) is 0 Å². The lowest BCUT2D eigenvalue weighted by Crippen LogP contribution is -2.37. The van der Waals surface area contributed by atoms with E-state index in [1.807, 2.05) is 0 Å². The Hall–Kier alpha value is -2.81. The normalized spacial score (nSPS) is 11.9. The number of benzene rings is 2. The fourth-order valence-electron chi connectivity index (χ4n) is 5.66. The number of rotatable bonds is 23. The van der Waals surface area contributed by atoms with Crippen LogP contribution in [0.4, 0.5) is 0 Å². The Labute approximate surface area is 257 Å². The van der Waals surface area contributed by atoms with Gasteiger partial charge in [-0.15, -0.1) is 0 Å². The average molecular weight is 573 g/mol. The van der Waals surface area contributed by atoms with Crippen LogP contribution < -0.4 is 14.0 Å².